The summed E-state index contributed by atoms with van der Waals surface area (Å²) < 4.78 is 0. The Labute approximate surface area is 115 Å². The van der Waals surface area contributed by atoms with E-state index in [1.54, 1.807) is 19.1 Å². The summed E-state index contributed by atoms with van der Waals surface area (Å²) in [6.45, 7) is 6.08. The van der Waals surface area contributed by atoms with Crippen LogP contribution in [0.15, 0.2) is 18.2 Å². The molecule has 4 nitrogen and oxygen atoms in total. The van der Waals surface area contributed by atoms with E-state index in [4.69, 9.17) is 0 Å². The Balaban J connectivity index is 2.52. The fraction of sp³-hybridized carbons (Fsp3) is 0.600. The van der Waals surface area contributed by atoms with Crippen molar-refractivity contribution in [2.24, 2.45) is 0 Å². The number of unbranched alkanes of at least 4 members (excludes halogenated alkanes) is 3. The zero-order chi connectivity index (χ0) is 14.3. The van der Waals surface area contributed by atoms with Gasteiger partial charge in [0.1, 0.15) is 0 Å². The van der Waals surface area contributed by atoms with Gasteiger partial charge in [-0.05, 0) is 26.3 Å². The van der Waals surface area contributed by atoms with Gasteiger partial charge in [-0.15, -0.1) is 0 Å². The number of aryl methyl sites for hydroxylation is 1. The zero-order valence-corrected chi connectivity index (χ0v) is 12.1. The third kappa shape index (κ3) is 5.28. The second-order valence-corrected chi connectivity index (χ2v) is 5.15. The van der Waals surface area contributed by atoms with E-state index in [-0.39, 0.29) is 10.6 Å². The molecule has 19 heavy (non-hydrogen) atoms. The van der Waals surface area contributed by atoms with Crippen molar-refractivity contribution in [1.29, 1.82) is 0 Å². The van der Waals surface area contributed by atoms with Crippen LogP contribution in [0.2, 0.25) is 0 Å². The number of hydrogen-bond acceptors (Lipinski definition) is 3. The summed E-state index contributed by atoms with van der Waals surface area (Å²) in [6, 6.07) is 5.67. The maximum Gasteiger partial charge on any atom is 0.274 e. The molecule has 1 atom stereocenters. The number of nitrogens with zero attached hydrogens (tertiary/aromatic N) is 1. The van der Waals surface area contributed by atoms with E-state index in [0.29, 0.717) is 11.6 Å². The van der Waals surface area contributed by atoms with Crippen LogP contribution in [0, 0.1) is 17.0 Å². The summed E-state index contributed by atoms with van der Waals surface area (Å²) in [5.41, 5.74) is 1.72. The highest BCUT2D eigenvalue weighted by atomic mass is 16.6. The van der Waals surface area contributed by atoms with Crippen LogP contribution in [-0.4, -0.2) is 11.0 Å². The van der Waals surface area contributed by atoms with Crippen molar-refractivity contribution >= 4 is 11.4 Å². The Bertz CT molecular complexity index is 419. The number of anilines is 1. The maximum atomic E-state index is 10.9. The average molecular weight is 264 g/mol. The van der Waals surface area contributed by atoms with Crippen LogP contribution in [0.1, 0.15) is 51.5 Å². The standard InChI is InChI=1S/C15H24N2O2/c1-4-5-6-7-8-13(3)16-14-10-9-12(2)15(11-14)17(18)19/h9-11,13,16H,4-8H2,1-3H3. The normalized spacial score (nSPS) is 12.2. The van der Waals surface area contributed by atoms with E-state index in [1.807, 2.05) is 6.07 Å². The first-order valence-electron chi connectivity index (χ1n) is 7.06. The molecule has 0 spiro atoms. The smallest absolute Gasteiger partial charge is 0.274 e. The van der Waals surface area contributed by atoms with Gasteiger partial charge in [0, 0.05) is 23.4 Å². The predicted octanol–water partition coefficient (Wildman–Crippen LogP) is 4.67. The summed E-state index contributed by atoms with van der Waals surface area (Å²) in [7, 11) is 0. The van der Waals surface area contributed by atoms with Crippen LogP contribution in [0.3, 0.4) is 0 Å². The molecule has 0 saturated heterocycles. The molecule has 0 amide bonds. The number of nitro benzene ring substituents is 1. The average Bonchev–Trinajstić information content (AvgIpc) is 2.36. The largest absolute Gasteiger partial charge is 0.382 e. The lowest BCUT2D eigenvalue weighted by Crippen LogP contribution is -2.15. The van der Waals surface area contributed by atoms with Crippen molar-refractivity contribution in [2.45, 2.75) is 58.9 Å². The first kappa shape index (κ1) is 15.5. The third-order valence-corrected chi connectivity index (χ3v) is 3.31. The van der Waals surface area contributed by atoms with Crippen molar-refractivity contribution in [1.82, 2.24) is 0 Å². The number of rotatable bonds is 8. The molecule has 0 aliphatic heterocycles. The van der Waals surface area contributed by atoms with Crippen LogP contribution in [0.5, 0.6) is 0 Å². The van der Waals surface area contributed by atoms with Gasteiger partial charge in [-0.25, -0.2) is 0 Å². The summed E-state index contributed by atoms with van der Waals surface area (Å²) in [5, 5.41) is 14.2. The van der Waals surface area contributed by atoms with Crippen LogP contribution in [0.25, 0.3) is 0 Å². The minimum atomic E-state index is -0.327. The van der Waals surface area contributed by atoms with Gasteiger partial charge in [0.15, 0.2) is 0 Å². The van der Waals surface area contributed by atoms with Crippen molar-refractivity contribution in [3.63, 3.8) is 0 Å². The van der Waals surface area contributed by atoms with Gasteiger partial charge in [0.2, 0.25) is 0 Å². The Morgan fingerprint density at radius 1 is 1.32 bits per heavy atom. The molecule has 106 valence electrons. The van der Waals surface area contributed by atoms with Crippen molar-refractivity contribution in [3.8, 4) is 0 Å². The minimum absolute atomic E-state index is 0.184. The van der Waals surface area contributed by atoms with Crippen LogP contribution < -0.4 is 5.32 Å². The minimum Gasteiger partial charge on any atom is -0.382 e. The highest BCUT2D eigenvalue weighted by Crippen LogP contribution is 2.23. The Hall–Kier alpha value is -1.58. The van der Waals surface area contributed by atoms with E-state index < -0.39 is 0 Å². The molecule has 1 unspecified atom stereocenters. The molecule has 1 aromatic carbocycles. The molecular formula is C15H24N2O2. The lowest BCUT2D eigenvalue weighted by atomic mass is 10.1. The Morgan fingerprint density at radius 3 is 2.68 bits per heavy atom. The van der Waals surface area contributed by atoms with Gasteiger partial charge in [-0.2, -0.15) is 0 Å². The van der Waals surface area contributed by atoms with E-state index in [1.165, 1.54) is 25.7 Å². The molecule has 1 N–H and O–H groups in total. The monoisotopic (exact) mass is 264 g/mol. The van der Waals surface area contributed by atoms with Crippen LogP contribution in [-0.2, 0) is 0 Å². The fourth-order valence-corrected chi connectivity index (χ4v) is 2.13. The fourth-order valence-electron chi connectivity index (χ4n) is 2.13. The lowest BCUT2D eigenvalue weighted by Gasteiger charge is -2.15. The van der Waals surface area contributed by atoms with Gasteiger partial charge in [-0.3, -0.25) is 10.1 Å². The Morgan fingerprint density at radius 2 is 2.05 bits per heavy atom. The molecule has 0 fully saturated rings. The van der Waals surface area contributed by atoms with Gasteiger partial charge in [0.25, 0.3) is 5.69 Å². The summed E-state index contributed by atoms with van der Waals surface area (Å²) in [6.07, 6.45) is 6.09. The number of nitrogens with one attached hydrogen (secondary N) is 1. The molecule has 0 heterocycles. The Kier molecular flexibility index (Phi) is 6.33. The topological polar surface area (TPSA) is 55.2 Å². The number of benzene rings is 1. The maximum absolute atomic E-state index is 10.9. The van der Waals surface area contributed by atoms with Gasteiger partial charge in [0.05, 0.1) is 4.92 Å². The first-order chi connectivity index (χ1) is 9.04. The van der Waals surface area contributed by atoms with E-state index in [0.717, 1.165) is 12.1 Å². The summed E-state index contributed by atoms with van der Waals surface area (Å²) >= 11 is 0. The number of hydrogen-bond donors (Lipinski definition) is 1. The molecule has 1 rings (SSSR count). The molecule has 0 radical (unpaired) electrons. The van der Waals surface area contributed by atoms with Crippen molar-refractivity contribution < 1.29 is 4.92 Å². The zero-order valence-electron chi connectivity index (χ0n) is 12.1. The first-order valence-corrected chi connectivity index (χ1v) is 7.06. The molecule has 1 aromatic rings. The van der Waals surface area contributed by atoms with E-state index >= 15 is 0 Å². The predicted molar refractivity (Wildman–Crippen MR) is 79.7 cm³/mol. The van der Waals surface area contributed by atoms with E-state index in [2.05, 4.69) is 19.2 Å². The highest BCUT2D eigenvalue weighted by Gasteiger charge is 2.11. The second kappa shape index (κ2) is 7.77. The van der Waals surface area contributed by atoms with Crippen molar-refractivity contribution in [2.75, 3.05) is 5.32 Å². The lowest BCUT2D eigenvalue weighted by molar-refractivity contribution is -0.385. The molecule has 4 heteroatoms. The van der Waals surface area contributed by atoms with Gasteiger partial charge < -0.3 is 5.32 Å². The molecular weight excluding hydrogens is 240 g/mol. The van der Waals surface area contributed by atoms with E-state index in [9.17, 15) is 10.1 Å². The summed E-state index contributed by atoms with van der Waals surface area (Å²) in [4.78, 5) is 10.6. The van der Waals surface area contributed by atoms with Crippen LogP contribution >= 0.6 is 0 Å². The number of nitro groups is 1. The molecule has 0 saturated carbocycles. The quantitative estimate of drug-likeness (QED) is 0.421. The molecule has 0 bridgehead atoms. The highest BCUT2D eigenvalue weighted by molar-refractivity contribution is 5.55. The SMILES string of the molecule is CCCCCCC(C)Nc1ccc(C)c([N+](=O)[O-])c1. The molecule has 0 aliphatic carbocycles. The van der Waals surface area contributed by atoms with Gasteiger partial charge in [-0.1, -0.05) is 38.7 Å². The van der Waals surface area contributed by atoms with Crippen LogP contribution in [0.4, 0.5) is 11.4 Å². The summed E-state index contributed by atoms with van der Waals surface area (Å²) in [5.74, 6) is 0. The molecule has 0 aromatic heterocycles. The second-order valence-electron chi connectivity index (χ2n) is 5.15. The van der Waals surface area contributed by atoms with Crippen molar-refractivity contribution in [3.05, 3.63) is 33.9 Å². The molecule has 0 aliphatic rings. The van der Waals surface area contributed by atoms with Gasteiger partial charge >= 0.3 is 0 Å². The third-order valence-electron chi connectivity index (χ3n) is 3.31.